The fourth-order valence-electron chi connectivity index (χ4n) is 3.23. The quantitative estimate of drug-likeness (QED) is 0.832. The van der Waals surface area contributed by atoms with Crippen LogP contribution in [0.1, 0.15) is 36.5 Å². The maximum Gasteiger partial charge on any atom is 0.268 e. The molecule has 0 saturated heterocycles. The van der Waals surface area contributed by atoms with Crippen LogP contribution in [0.4, 0.5) is 5.69 Å². The molecule has 0 aliphatic carbocycles. The van der Waals surface area contributed by atoms with Gasteiger partial charge in [-0.25, -0.2) is 0 Å². The SMILES string of the molecule is CC[C@H](Oc1cc(C)ccc1C)C(=O)N1CCCc2ccccc21. The molecule has 0 aromatic heterocycles. The summed E-state index contributed by atoms with van der Waals surface area (Å²) >= 11 is 0. The van der Waals surface area contributed by atoms with E-state index >= 15 is 0 Å². The van der Waals surface area contributed by atoms with Gasteiger partial charge in [-0.2, -0.15) is 0 Å². The monoisotopic (exact) mass is 323 g/mol. The van der Waals surface area contributed by atoms with Crippen molar-refractivity contribution >= 4 is 11.6 Å². The molecule has 126 valence electrons. The number of anilines is 1. The second-order valence-corrected chi connectivity index (χ2v) is 6.51. The van der Waals surface area contributed by atoms with Crippen LogP contribution in [0.25, 0.3) is 0 Å². The summed E-state index contributed by atoms with van der Waals surface area (Å²) in [5, 5.41) is 0. The number of rotatable bonds is 4. The highest BCUT2D eigenvalue weighted by Gasteiger charge is 2.29. The van der Waals surface area contributed by atoms with E-state index in [2.05, 4.69) is 12.1 Å². The van der Waals surface area contributed by atoms with Gasteiger partial charge in [-0.1, -0.05) is 37.3 Å². The van der Waals surface area contributed by atoms with Crippen LogP contribution in [0.3, 0.4) is 0 Å². The summed E-state index contributed by atoms with van der Waals surface area (Å²) in [6.45, 7) is 6.82. The molecule has 0 bridgehead atoms. The first-order valence-corrected chi connectivity index (χ1v) is 8.73. The second-order valence-electron chi connectivity index (χ2n) is 6.51. The van der Waals surface area contributed by atoms with Crippen molar-refractivity contribution in [2.24, 2.45) is 0 Å². The zero-order valence-corrected chi connectivity index (χ0v) is 14.7. The molecule has 3 nitrogen and oxygen atoms in total. The van der Waals surface area contributed by atoms with Gasteiger partial charge < -0.3 is 9.64 Å². The van der Waals surface area contributed by atoms with E-state index in [4.69, 9.17) is 4.74 Å². The number of hydrogen-bond acceptors (Lipinski definition) is 2. The Balaban J connectivity index is 1.84. The minimum Gasteiger partial charge on any atom is -0.480 e. The van der Waals surface area contributed by atoms with Crippen molar-refractivity contribution in [1.29, 1.82) is 0 Å². The molecule has 24 heavy (non-hydrogen) atoms. The highest BCUT2D eigenvalue weighted by Crippen LogP contribution is 2.29. The molecule has 2 aromatic carbocycles. The Hall–Kier alpha value is -2.29. The second kappa shape index (κ2) is 7.08. The summed E-state index contributed by atoms with van der Waals surface area (Å²) in [6.07, 6.45) is 2.25. The lowest BCUT2D eigenvalue weighted by atomic mass is 10.0. The van der Waals surface area contributed by atoms with Crippen LogP contribution in [-0.4, -0.2) is 18.6 Å². The molecular weight excluding hydrogens is 298 g/mol. The Morgan fingerprint density at radius 1 is 1.21 bits per heavy atom. The van der Waals surface area contributed by atoms with Gasteiger partial charge in [0.2, 0.25) is 0 Å². The number of benzene rings is 2. The van der Waals surface area contributed by atoms with Gasteiger partial charge in [-0.05, 0) is 61.9 Å². The van der Waals surface area contributed by atoms with E-state index in [1.54, 1.807) is 0 Å². The molecule has 0 unspecified atom stereocenters. The van der Waals surface area contributed by atoms with Gasteiger partial charge in [0.1, 0.15) is 5.75 Å². The number of nitrogens with zero attached hydrogens (tertiary/aromatic N) is 1. The number of amides is 1. The molecule has 0 N–H and O–H groups in total. The number of carbonyl (C=O) groups is 1. The molecule has 1 aliphatic rings. The number of para-hydroxylation sites is 1. The van der Waals surface area contributed by atoms with Crippen LogP contribution < -0.4 is 9.64 Å². The van der Waals surface area contributed by atoms with Crippen molar-refractivity contribution in [3.8, 4) is 5.75 Å². The lowest BCUT2D eigenvalue weighted by Gasteiger charge is -2.32. The highest BCUT2D eigenvalue weighted by molar-refractivity contribution is 5.97. The average molecular weight is 323 g/mol. The third kappa shape index (κ3) is 3.30. The zero-order chi connectivity index (χ0) is 17.1. The minimum atomic E-state index is -0.448. The third-order valence-corrected chi connectivity index (χ3v) is 4.64. The summed E-state index contributed by atoms with van der Waals surface area (Å²) < 4.78 is 6.11. The largest absolute Gasteiger partial charge is 0.480 e. The van der Waals surface area contributed by atoms with Gasteiger partial charge in [0.15, 0.2) is 6.10 Å². The van der Waals surface area contributed by atoms with Crippen molar-refractivity contribution in [2.75, 3.05) is 11.4 Å². The molecule has 1 aliphatic heterocycles. The highest BCUT2D eigenvalue weighted by atomic mass is 16.5. The molecule has 0 saturated carbocycles. The van der Waals surface area contributed by atoms with Gasteiger partial charge in [0, 0.05) is 12.2 Å². The van der Waals surface area contributed by atoms with Gasteiger partial charge >= 0.3 is 0 Å². The van der Waals surface area contributed by atoms with Gasteiger partial charge in [-0.3, -0.25) is 4.79 Å². The van der Waals surface area contributed by atoms with Gasteiger partial charge in [0.25, 0.3) is 5.91 Å². The summed E-state index contributed by atoms with van der Waals surface area (Å²) in [7, 11) is 0. The summed E-state index contributed by atoms with van der Waals surface area (Å²) in [4.78, 5) is 15.0. The van der Waals surface area contributed by atoms with Crippen LogP contribution >= 0.6 is 0 Å². The Bertz CT molecular complexity index is 738. The van der Waals surface area contributed by atoms with Crippen LogP contribution in [0, 0.1) is 13.8 Å². The van der Waals surface area contributed by atoms with E-state index in [0.717, 1.165) is 42.0 Å². The average Bonchev–Trinajstić information content (AvgIpc) is 2.61. The molecule has 0 radical (unpaired) electrons. The van der Waals surface area contributed by atoms with Crippen molar-refractivity contribution in [1.82, 2.24) is 0 Å². The number of aryl methyl sites for hydroxylation is 3. The lowest BCUT2D eigenvalue weighted by Crippen LogP contribution is -2.44. The van der Waals surface area contributed by atoms with E-state index in [1.807, 2.05) is 56.0 Å². The number of fused-ring (bicyclic) bond motifs is 1. The molecule has 2 aromatic rings. The molecular formula is C21H25NO2. The molecule has 1 heterocycles. The van der Waals surface area contributed by atoms with Crippen LogP contribution in [0.5, 0.6) is 5.75 Å². The van der Waals surface area contributed by atoms with E-state index in [9.17, 15) is 4.79 Å². The first kappa shape index (κ1) is 16.6. The minimum absolute atomic E-state index is 0.0607. The Morgan fingerprint density at radius 2 is 2.00 bits per heavy atom. The first-order chi connectivity index (χ1) is 11.6. The van der Waals surface area contributed by atoms with Crippen LogP contribution in [0.15, 0.2) is 42.5 Å². The molecule has 1 amide bonds. The number of hydrogen-bond donors (Lipinski definition) is 0. The molecule has 0 spiro atoms. The summed E-state index contributed by atoms with van der Waals surface area (Å²) in [5.74, 6) is 0.867. The van der Waals surface area contributed by atoms with Gasteiger partial charge in [0.05, 0.1) is 0 Å². The number of carbonyl (C=O) groups excluding carboxylic acids is 1. The van der Waals surface area contributed by atoms with Crippen molar-refractivity contribution in [3.63, 3.8) is 0 Å². The standard InChI is InChI=1S/C21H25NO2/c1-4-19(24-20-14-15(2)11-12-16(20)3)21(23)22-13-7-9-17-8-5-6-10-18(17)22/h5-6,8,10-12,14,19H,4,7,9,13H2,1-3H3/t19-/m0/s1. The predicted molar refractivity (Wildman–Crippen MR) is 97.7 cm³/mol. The fourth-order valence-corrected chi connectivity index (χ4v) is 3.23. The smallest absolute Gasteiger partial charge is 0.268 e. The summed E-state index contributed by atoms with van der Waals surface area (Å²) in [5.41, 5.74) is 4.49. The summed E-state index contributed by atoms with van der Waals surface area (Å²) in [6, 6.07) is 14.3. The molecule has 0 fully saturated rings. The Labute approximate surface area is 144 Å². The topological polar surface area (TPSA) is 29.5 Å². The molecule has 1 atom stereocenters. The number of ether oxygens (including phenoxy) is 1. The van der Waals surface area contributed by atoms with Gasteiger partial charge in [-0.15, -0.1) is 0 Å². The molecule has 3 rings (SSSR count). The predicted octanol–water partition coefficient (Wildman–Crippen LogP) is 4.44. The van der Waals surface area contributed by atoms with E-state index in [-0.39, 0.29) is 5.91 Å². The zero-order valence-electron chi connectivity index (χ0n) is 14.7. The maximum absolute atomic E-state index is 13.1. The third-order valence-electron chi connectivity index (χ3n) is 4.64. The molecule has 3 heteroatoms. The van der Waals surface area contributed by atoms with Crippen molar-refractivity contribution in [2.45, 2.75) is 46.1 Å². The first-order valence-electron chi connectivity index (χ1n) is 8.73. The van der Waals surface area contributed by atoms with Crippen molar-refractivity contribution < 1.29 is 9.53 Å². The fraction of sp³-hybridized carbons (Fsp3) is 0.381. The maximum atomic E-state index is 13.1. The van der Waals surface area contributed by atoms with E-state index in [0.29, 0.717) is 6.42 Å². The van der Waals surface area contributed by atoms with E-state index < -0.39 is 6.10 Å². The van der Waals surface area contributed by atoms with Crippen LogP contribution in [-0.2, 0) is 11.2 Å². The van der Waals surface area contributed by atoms with Crippen molar-refractivity contribution in [3.05, 3.63) is 59.2 Å². The lowest BCUT2D eigenvalue weighted by molar-refractivity contribution is -0.125. The Morgan fingerprint density at radius 3 is 2.79 bits per heavy atom. The normalized spacial score (nSPS) is 14.9. The van der Waals surface area contributed by atoms with Crippen LogP contribution in [0.2, 0.25) is 0 Å². The Kier molecular flexibility index (Phi) is 4.89. The van der Waals surface area contributed by atoms with E-state index in [1.165, 1.54) is 5.56 Å².